The molecule has 0 spiro atoms. The predicted octanol–water partition coefficient (Wildman–Crippen LogP) is 1.11. The Bertz CT molecular complexity index is 701. The number of sulfone groups is 1. The number of primary amides is 1. The first kappa shape index (κ1) is 13.2. The summed E-state index contributed by atoms with van der Waals surface area (Å²) in [5, 5.41) is 0. The Hall–Kier alpha value is -1.82. The molecule has 1 saturated heterocycles. The van der Waals surface area contributed by atoms with E-state index in [1.807, 2.05) is 4.90 Å². The maximum absolute atomic E-state index is 12.5. The van der Waals surface area contributed by atoms with Crippen LogP contribution in [0.4, 0.5) is 0 Å². The minimum Gasteiger partial charge on any atom is -0.370 e. The van der Waals surface area contributed by atoms with Crippen LogP contribution in [0.15, 0.2) is 34.1 Å². The third-order valence-corrected chi connectivity index (χ3v) is 5.68. The number of piperidine rings is 1. The molecule has 1 fully saturated rings. The van der Waals surface area contributed by atoms with Gasteiger partial charge in [0, 0.05) is 18.7 Å². The molecule has 2 aliphatic rings. The summed E-state index contributed by atoms with van der Waals surface area (Å²) in [5.41, 5.74) is 6.44. The smallest absolute Gasteiger partial charge is 0.262 e. The number of rotatable bonds is 2. The number of amides is 1. The summed E-state index contributed by atoms with van der Waals surface area (Å²) in [6.07, 6.45) is 3.12. The average Bonchev–Trinajstić information content (AvgIpc) is 2.68. The number of nitrogens with two attached hydrogens (primary N) is 1. The second kappa shape index (κ2) is 4.63. The van der Waals surface area contributed by atoms with Gasteiger partial charge >= 0.3 is 0 Å². The van der Waals surface area contributed by atoms with Crippen molar-refractivity contribution in [1.82, 2.24) is 4.90 Å². The highest BCUT2D eigenvalue weighted by Crippen LogP contribution is 2.41. The number of nitrogens with zero attached hydrogens (tertiary/aromatic N) is 1. The summed E-state index contributed by atoms with van der Waals surface area (Å²) >= 11 is 0. The molecule has 2 N–H and O–H groups in total. The lowest BCUT2D eigenvalue weighted by Gasteiger charge is -2.30. The van der Waals surface area contributed by atoms with Crippen molar-refractivity contribution in [2.75, 3.05) is 13.1 Å². The van der Waals surface area contributed by atoms with Crippen molar-refractivity contribution < 1.29 is 13.2 Å². The van der Waals surface area contributed by atoms with Crippen molar-refractivity contribution in [3.8, 4) is 0 Å². The van der Waals surface area contributed by atoms with E-state index in [2.05, 4.69) is 0 Å². The van der Waals surface area contributed by atoms with Gasteiger partial charge in [0.15, 0.2) is 4.91 Å². The molecule has 0 aliphatic carbocycles. The number of likely N-dealkylation sites (tertiary alicyclic amines) is 1. The van der Waals surface area contributed by atoms with E-state index in [-0.39, 0.29) is 9.80 Å². The van der Waals surface area contributed by atoms with Crippen LogP contribution in [0.25, 0.3) is 5.70 Å². The summed E-state index contributed by atoms with van der Waals surface area (Å²) in [6.45, 7) is 1.52. The SMILES string of the molecule is NC(=O)C1=C(N2CCCCC2)c2ccccc2S1(=O)=O. The molecule has 5 nitrogen and oxygen atoms in total. The molecule has 0 atom stereocenters. The molecule has 0 bridgehead atoms. The van der Waals surface area contributed by atoms with Gasteiger partial charge in [-0.3, -0.25) is 4.79 Å². The number of hydrogen-bond donors (Lipinski definition) is 1. The predicted molar refractivity (Wildman–Crippen MR) is 75.2 cm³/mol. The van der Waals surface area contributed by atoms with Gasteiger partial charge in [-0.15, -0.1) is 0 Å². The first-order valence-corrected chi connectivity index (χ1v) is 8.15. The molecule has 20 heavy (non-hydrogen) atoms. The van der Waals surface area contributed by atoms with E-state index in [0.717, 1.165) is 32.4 Å². The summed E-state index contributed by atoms with van der Waals surface area (Å²) in [6, 6.07) is 6.72. The van der Waals surface area contributed by atoms with Gasteiger partial charge < -0.3 is 10.6 Å². The zero-order chi connectivity index (χ0) is 14.3. The third-order valence-electron chi connectivity index (χ3n) is 3.81. The Balaban J connectivity index is 2.24. The van der Waals surface area contributed by atoms with Crippen LogP contribution < -0.4 is 5.73 Å². The van der Waals surface area contributed by atoms with Crippen LogP contribution in [0.5, 0.6) is 0 Å². The fourth-order valence-corrected chi connectivity index (χ4v) is 4.63. The normalized spacial score (nSPS) is 20.9. The van der Waals surface area contributed by atoms with Gasteiger partial charge in [-0.25, -0.2) is 8.42 Å². The molecule has 3 rings (SSSR count). The second-order valence-electron chi connectivity index (χ2n) is 5.09. The van der Waals surface area contributed by atoms with E-state index in [4.69, 9.17) is 5.73 Å². The molecule has 0 saturated carbocycles. The first-order valence-electron chi connectivity index (χ1n) is 6.67. The van der Waals surface area contributed by atoms with Crippen molar-refractivity contribution in [2.45, 2.75) is 24.2 Å². The average molecular weight is 292 g/mol. The van der Waals surface area contributed by atoms with Gasteiger partial charge in [-0.05, 0) is 25.3 Å². The van der Waals surface area contributed by atoms with E-state index in [0.29, 0.717) is 11.3 Å². The number of benzene rings is 1. The van der Waals surface area contributed by atoms with Gasteiger partial charge in [0.25, 0.3) is 5.91 Å². The summed E-state index contributed by atoms with van der Waals surface area (Å²) < 4.78 is 25.0. The van der Waals surface area contributed by atoms with Crippen LogP contribution in [-0.4, -0.2) is 32.3 Å². The molecular weight excluding hydrogens is 276 g/mol. The van der Waals surface area contributed by atoms with Crippen LogP contribution in [0.3, 0.4) is 0 Å². The molecule has 1 aromatic rings. The van der Waals surface area contributed by atoms with Crippen LogP contribution in [0, 0.1) is 0 Å². The van der Waals surface area contributed by atoms with Crippen LogP contribution in [0.1, 0.15) is 24.8 Å². The van der Waals surface area contributed by atoms with Crippen molar-refractivity contribution >= 4 is 21.4 Å². The Morgan fingerprint density at radius 3 is 2.40 bits per heavy atom. The van der Waals surface area contributed by atoms with Gasteiger partial charge in [-0.1, -0.05) is 18.2 Å². The Kier molecular flexibility index (Phi) is 3.05. The standard InChI is InChI=1S/C14H16N2O3S/c15-14(17)13-12(16-8-4-1-5-9-16)10-6-2-3-7-11(10)20(13,18)19/h2-3,6-7H,1,4-5,8-9H2,(H2,15,17). The van der Waals surface area contributed by atoms with Crippen LogP contribution in [-0.2, 0) is 14.6 Å². The topological polar surface area (TPSA) is 80.5 Å². The highest BCUT2D eigenvalue weighted by molar-refractivity contribution is 7.97. The lowest BCUT2D eigenvalue weighted by atomic mass is 10.1. The summed E-state index contributed by atoms with van der Waals surface area (Å²) in [7, 11) is -3.78. The van der Waals surface area contributed by atoms with E-state index in [1.54, 1.807) is 18.2 Å². The lowest BCUT2D eigenvalue weighted by Crippen LogP contribution is -2.30. The Morgan fingerprint density at radius 1 is 1.10 bits per heavy atom. The van der Waals surface area contributed by atoms with Gasteiger partial charge in [-0.2, -0.15) is 0 Å². The minimum absolute atomic E-state index is 0.189. The highest BCUT2D eigenvalue weighted by Gasteiger charge is 2.40. The van der Waals surface area contributed by atoms with Gasteiger partial charge in [0.2, 0.25) is 9.84 Å². The van der Waals surface area contributed by atoms with E-state index >= 15 is 0 Å². The van der Waals surface area contributed by atoms with Crippen molar-refractivity contribution in [3.63, 3.8) is 0 Å². The number of fused-ring (bicyclic) bond motifs is 1. The van der Waals surface area contributed by atoms with Gasteiger partial charge in [0.05, 0.1) is 10.6 Å². The largest absolute Gasteiger partial charge is 0.370 e. The van der Waals surface area contributed by atoms with Crippen molar-refractivity contribution in [3.05, 3.63) is 34.7 Å². The van der Waals surface area contributed by atoms with Crippen LogP contribution in [0.2, 0.25) is 0 Å². The quantitative estimate of drug-likeness (QED) is 0.885. The molecule has 0 aromatic heterocycles. The molecule has 2 aliphatic heterocycles. The third kappa shape index (κ3) is 1.83. The first-order chi connectivity index (χ1) is 9.53. The highest BCUT2D eigenvalue weighted by atomic mass is 32.2. The molecule has 106 valence electrons. The molecular formula is C14H16N2O3S. The zero-order valence-electron chi connectivity index (χ0n) is 11.0. The Labute approximate surface area is 118 Å². The molecule has 0 unspecified atom stereocenters. The fourth-order valence-electron chi connectivity index (χ4n) is 2.94. The molecule has 6 heteroatoms. The van der Waals surface area contributed by atoms with Crippen molar-refractivity contribution in [2.24, 2.45) is 5.73 Å². The fraction of sp³-hybridized carbons (Fsp3) is 0.357. The maximum atomic E-state index is 12.5. The molecule has 2 heterocycles. The van der Waals surface area contributed by atoms with E-state index < -0.39 is 15.7 Å². The van der Waals surface area contributed by atoms with E-state index in [9.17, 15) is 13.2 Å². The summed E-state index contributed by atoms with van der Waals surface area (Å²) in [4.78, 5) is 13.6. The lowest BCUT2D eigenvalue weighted by molar-refractivity contribution is -0.113. The number of hydrogen-bond acceptors (Lipinski definition) is 4. The molecule has 0 radical (unpaired) electrons. The molecule has 1 aromatic carbocycles. The Morgan fingerprint density at radius 2 is 1.75 bits per heavy atom. The second-order valence-corrected chi connectivity index (χ2v) is 6.94. The molecule has 1 amide bonds. The van der Waals surface area contributed by atoms with E-state index in [1.165, 1.54) is 6.07 Å². The van der Waals surface area contributed by atoms with Crippen molar-refractivity contribution in [1.29, 1.82) is 0 Å². The maximum Gasteiger partial charge on any atom is 0.262 e. The zero-order valence-corrected chi connectivity index (χ0v) is 11.8. The minimum atomic E-state index is -3.78. The van der Waals surface area contributed by atoms with Crippen LogP contribution >= 0.6 is 0 Å². The summed E-state index contributed by atoms with van der Waals surface area (Å²) in [5.74, 6) is -0.873. The number of carbonyl (C=O) groups is 1. The number of carbonyl (C=O) groups excluding carboxylic acids is 1. The van der Waals surface area contributed by atoms with Gasteiger partial charge in [0.1, 0.15) is 0 Å². The monoisotopic (exact) mass is 292 g/mol.